The summed E-state index contributed by atoms with van der Waals surface area (Å²) in [6.45, 7) is 0. The van der Waals surface area contributed by atoms with Gasteiger partial charge in [0.15, 0.2) is 5.82 Å². The van der Waals surface area contributed by atoms with Crippen LogP contribution in [0.3, 0.4) is 0 Å². The highest BCUT2D eigenvalue weighted by Crippen LogP contribution is 2.38. The molecule has 6 heteroatoms. The van der Waals surface area contributed by atoms with Crippen molar-refractivity contribution in [1.82, 2.24) is 19.8 Å². The molecule has 2 aromatic heterocycles. The Hall–Kier alpha value is -1.01. The molecule has 4 rings (SSSR count). The Labute approximate surface area is 116 Å². The van der Waals surface area contributed by atoms with Crippen molar-refractivity contribution in [3.05, 3.63) is 10.8 Å². The molecule has 0 spiro atoms. The van der Waals surface area contributed by atoms with E-state index in [1.54, 1.807) is 11.3 Å². The molecule has 0 aliphatic heterocycles. The fraction of sp³-hybridized carbons (Fsp3) is 0.769. The maximum Gasteiger partial charge on any atom is 0.234 e. The zero-order valence-electron chi connectivity index (χ0n) is 11.0. The number of nitrogens with zero attached hydrogens (tertiary/aromatic N) is 4. The first-order chi connectivity index (χ1) is 9.31. The van der Waals surface area contributed by atoms with Crippen molar-refractivity contribution in [2.75, 3.05) is 0 Å². The lowest BCUT2D eigenvalue weighted by atomic mass is 9.85. The first-order valence-electron chi connectivity index (χ1n) is 7.29. The van der Waals surface area contributed by atoms with Gasteiger partial charge in [-0.3, -0.25) is 0 Å². The summed E-state index contributed by atoms with van der Waals surface area (Å²) in [5, 5.41) is 14.6. The molecule has 2 aliphatic rings. The fourth-order valence-corrected chi connectivity index (χ4v) is 4.11. The highest BCUT2D eigenvalue weighted by atomic mass is 32.1. The van der Waals surface area contributed by atoms with Crippen LogP contribution in [0.25, 0.3) is 4.96 Å². The van der Waals surface area contributed by atoms with Gasteiger partial charge >= 0.3 is 0 Å². The van der Waals surface area contributed by atoms with Crippen molar-refractivity contribution >= 4 is 16.3 Å². The van der Waals surface area contributed by atoms with Crippen LogP contribution in [0.1, 0.15) is 67.6 Å². The van der Waals surface area contributed by atoms with Crippen LogP contribution in [0.4, 0.5) is 0 Å². The molecule has 2 heterocycles. The minimum Gasteiger partial charge on any atom is -0.328 e. The Kier molecular flexibility index (Phi) is 2.81. The van der Waals surface area contributed by atoms with Crippen molar-refractivity contribution in [3.63, 3.8) is 0 Å². The normalized spacial score (nSPS) is 28.7. The molecule has 0 amide bonds. The molecule has 102 valence electrons. The van der Waals surface area contributed by atoms with E-state index >= 15 is 0 Å². The molecular weight excluding hydrogens is 258 g/mol. The van der Waals surface area contributed by atoms with Crippen LogP contribution in [-0.2, 0) is 0 Å². The lowest BCUT2D eigenvalue weighted by molar-refractivity contribution is 0.385. The molecule has 0 radical (unpaired) electrons. The van der Waals surface area contributed by atoms with E-state index < -0.39 is 0 Å². The first-order valence-corrected chi connectivity index (χ1v) is 8.10. The average Bonchev–Trinajstić information content (AvgIpc) is 2.90. The van der Waals surface area contributed by atoms with E-state index in [-0.39, 0.29) is 0 Å². The molecular formula is C13H19N5S. The van der Waals surface area contributed by atoms with E-state index in [0.29, 0.717) is 17.9 Å². The second kappa shape index (κ2) is 4.52. The Balaban J connectivity index is 1.62. The highest BCUT2D eigenvalue weighted by molar-refractivity contribution is 7.16. The molecule has 0 atom stereocenters. The van der Waals surface area contributed by atoms with Crippen molar-refractivity contribution in [1.29, 1.82) is 0 Å². The van der Waals surface area contributed by atoms with Gasteiger partial charge in [-0.15, -0.1) is 10.2 Å². The molecule has 2 saturated carbocycles. The van der Waals surface area contributed by atoms with Crippen LogP contribution < -0.4 is 5.73 Å². The van der Waals surface area contributed by atoms with Gasteiger partial charge in [-0.25, -0.2) is 0 Å². The zero-order valence-corrected chi connectivity index (χ0v) is 11.8. The van der Waals surface area contributed by atoms with Crippen LogP contribution in [0.5, 0.6) is 0 Å². The number of aromatic nitrogens is 4. The molecule has 2 aliphatic carbocycles. The lowest BCUT2D eigenvalue weighted by Gasteiger charge is -2.24. The summed E-state index contributed by atoms with van der Waals surface area (Å²) in [7, 11) is 0. The van der Waals surface area contributed by atoms with E-state index in [9.17, 15) is 0 Å². The summed E-state index contributed by atoms with van der Waals surface area (Å²) in [6, 6.07) is 0.396. The topological polar surface area (TPSA) is 69.1 Å². The van der Waals surface area contributed by atoms with Crippen LogP contribution in [-0.4, -0.2) is 25.9 Å². The molecule has 0 unspecified atom stereocenters. The lowest BCUT2D eigenvalue weighted by Crippen LogP contribution is -2.25. The number of rotatable bonds is 2. The Morgan fingerprint density at radius 1 is 1.00 bits per heavy atom. The van der Waals surface area contributed by atoms with Gasteiger partial charge in [0, 0.05) is 17.9 Å². The molecule has 0 aromatic carbocycles. The molecule has 2 aromatic rings. The van der Waals surface area contributed by atoms with Gasteiger partial charge in [0.1, 0.15) is 5.01 Å². The monoisotopic (exact) mass is 277 g/mol. The maximum atomic E-state index is 5.98. The van der Waals surface area contributed by atoms with Crippen LogP contribution in [0.2, 0.25) is 0 Å². The molecule has 5 nitrogen and oxygen atoms in total. The smallest absolute Gasteiger partial charge is 0.234 e. The van der Waals surface area contributed by atoms with E-state index in [4.69, 9.17) is 10.8 Å². The molecule has 2 fully saturated rings. The maximum absolute atomic E-state index is 5.98. The summed E-state index contributed by atoms with van der Waals surface area (Å²) in [5.74, 6) is 2.25. The van der Waals surface area contributed by atoms with E-state index in [0.717, 1.165) is 23.6 Å². The van der Waals surface area contributed by atoms with E-state index in [1.165, 1.54) is 37.1 Å². The fourth-order valence-electron chi connectivity index (χ4n) is 3.10. The van der Waals surface area contributed by atoms with Gasteiger partial charge in [-0.2, -0.15) is 9.61 Å². The largest absolute Gasteiger partial charge is 0.328 e. The van der Waals surface area contributed by atoms with Crippen molar-refractivity contribution in [3.8, 4) is 0 Å². The van der Waals surface area contributed by atoms with Gasteiger partial charge in [0.05, 0.1) is 0 Å². The second-order valence-electron chi connectivity index (χ2n) is 5.93. The predicted molar refractivity (Wildman–Crippen MR) is 74.4 cm³/mol. The standard InChI is InChI=1S/C13H19N5S/c14-10-6-4-9(5-7-10)12-17-18-11(8-2-1-3-8)15-16-13(18)19-12/h8-10H,1-7,14H2. The van der Waals surface area contributed by atoms with Crippen LogP contribution >= 0.6 is 11.3 Å². The predicted octanol–water partition coefficient (Wildman–Crippen LogP) is 2.44. The van der Waals surface area contributed by atoms with Gasteiger partial charge in [-0.1, -0.05) is 17.8 Å². The Morgan fingerprint density at radius 2 is 1.79 bits per heavy atom. The Bertz CT molecular complexity index is 577. The van der Waals surface area contributed by atoms with E-state index in [1.807, 2.05) is 4.52 Å². The van der Waals surface area contributed by atoms with E-state index in [2.05, 4.69) is 10.2 Å². The minimum atomic E-state index is 0.396. The van der Waals surface area contributed by atoms with Crippen molar-refractivity contribution in [2.45, 2.75) is 62.8 Å². The summed E-state index contributed by atoms with van der Waals surface area (Å²) in [4.78, 5) is 0.965. The van der Waals surface area contributed by atoms with Gasteiger partial charge in [-0.05, 0) is 38.5 Å². The van der Waals surface area contributed by atoms with Crippen LogP contribution in [0, 0.1) is 0 Å². The summed E-state index contributed by atoms with van der Waals surface area (Å²) >= 11 is 1.72. The summed E-state index contributed by atoms with van der Waals surface area (Å²) < 4.78 is 2.00. The Morgan fingerprint density at radius 3 is 2.47 bits per heavy atom. The van der Waals surface area contributed by atoms with Gasteiger partial charge in [0.2, 0.25) is 4.96 Å². The third-order valence-corrected chi connectivity index (χ3v) is 5.68. The molecule has 0 saturated heterocycles. The van der Waals surface area contributed by atoms with Crippen molar-refractivity contribution in [2.24, 2.45) is 5.73 Å². The highest BCUT2D eigenvalue weighted by Gasteiger charge is 2.28. The van der Waals surface area contributed by atoms with Gasteiger partial charge < -0.3 is 5.73 Å². The number of fused-ring (bicyclic) bond motifs is 1. The molecule has 0 bridgehead atoms. The first kappa shape index (κ1) is 11.8. The zero-order chi connectivity index (χ0) is 12.8. The summed E-state index contributed by atoms with van der Waals surface area (Å²) in [5.41, 5.74) is 5.98. The van der Waals surface area contributed by atoms with Crippen LogP contribution in [0.15, 0.2) is 0 Å². The number of hydrogen-bond acceptors (Lipinski definition) is 5. The number of hydrogen-bond donors (Lipinski definition) is 1. The quantitative estimate of drug-likeness (QED) is 0.915. The molecule has 2 N–H and O–H groups in total. The number of nitrogens with two attached hydrogens (primary N) is 1. The summed E-state index contributed by atoms with van der Waals surface area (Å²) in [6.07, 6.45) is 8.39. The minimum absolute atomic E-state index is 0.396. The second-order valence-corrected chi connectivity index (χ2v) is 6.92. The average molecular weight is 277 g/mol. The molecule has 19 heavy (non-hydrogen) atoms. The van der Waals surface area contributed by atoms with Gasteiger partial charge in [0.25, 0.3) is 0 Å². The third-order valence-electron chi connectivity index (χ3n) is 4.62. The van der Waals surface area contributed by atoms with Crippen molar-refractivity contribution < 1.29 is 0 Å². The third kappa shape index (κ3) is 1.97. The SMILES string of the molecule is NC1CCC(c2nn3c(C4CCC4)nnc3s2)CC1.